The number of hydrogen-bond donors (Lipinski definition) is 0. The van der Waals surface area contributed by atoms with Crippen molar-refractivity contribution in [2.45, 2.75) is 265 Å². The smallest absolute Gasteiger partial charge is 0.230 e. The van der Waals surface area contributed by atoms with Gasteiger partial charge >= 0.3 is 5.91 Å². The van der Waals surface area contributed by atoms with Crippen molar-refractivity contribution in [1.82, 2.24) is 0 Å². The predicted octanol–water partition coefficient (Wildman–Crippen LogP) is 16.1. The Balaban J connectivity index is 2.37. The maximum atomic E-state index is 13.9. The number of unbranched alkanes of at least 4 members (excludes halogenated alkanes) is 33. The average Bonchev–Trinajstić information content (AvgIpc) is 3.53. The SMILES string of the molecule is CCCCCCCCCCCCCCCC[N+]1(C(=O)CCCCCCCCCCCCCC)C=CN=C1CCCCCCCCCCCC. The van der Waals surface area contributed by atoms with Gasteiger partial charge in [-0.15, -0.1) is 0 Å². The molecule has 0 aromatic carbocycles. The van der Waals surface area contributed by atoms with Gasteiger partial charge in [0.25, 0.3) is 0 Å². The van der Waals surface area contributed by atoms with Crippen LogP contribution in [0.1, 0.15) is 265 Å². The van der Waals surface area contributed by atoms with E-state index in [1.807, 2.05) is 6.20 Å². The molecule has 0 saturated carbocycles. The second-order valence-electron chi connectivity index (χ2n) is 16.0. The van der Waals surface area contributed by atoms with Gasteiger partial charge in [-0.3, -0.25) is 0 Å². The number of quaternary nitrogens is 1. The molecular formula is C46H89N2O+. The molecule has 1 atom stereocenters. The molecule has 49 heavy (non-hydrogen) atoms. The first kappa shape index (κ1) is 46.1. The minimum atomic E-state index is 0.418. The molecule has 1 amide bonds. The summed E-state index contributed by atoms with van der Waals surface area (Å²) in [6.07, 6.45) is 54.7. The number of rotatable bonds is 39. The zero-order valence-corrected chi connectivity index (χ0v) is 34.0. The third-order valence-electron chi connectivity index (χ3n) is 11.3. The summed E-state index contributed by atoms with van der Waals surface area (Å²) in [5.74, 6) is 1.57. The van der Waals surface area contributed by atoms with E-state index in [4.69, 9.17) is 4.99 Å². The highest BCUT2D eigenvalue weighted by atomic mass is 16.2. The minimum absolute atomic E-state index is 0.418. The van der Waals surface area contributed by atoms with Gasteiger partial charge in [0.05, 0.1) is 19.2 Å². The molecule has 0 aromatic rings. The summed E-state index contributed by atoms with van der Waals surface area (Å²) in [4.78, 5) is 18.8. The van der Waals surface area contributed by atoms with Gasteiger partial charge in [0.15, 0.2) is 0 Å². The molecule has 288 valence electrons. The van der Waals surface area contributed by atoms with Crippen LogP contribution in [0.3, 0.4) is 0 Å². The third kappa shape index (κ3) is 25.6. The molecule has 0 saturated heterocycles. The first-order valence-corrected chi connectivity index (χ1v) is 22.9. The van der Waals surface area contributed by atoms with Crippen LogP contribution in [0.5, 0.6) is 0 Å². The van der Waals surface area contributed by atoms with Gasteiger partial charge in [-0.05, 0) is 25.7 Å². The topological polar surface area (TPSA) is 29.4 Å². The standard InChI is InChI=1S/C46H89N2O/c1-4-7-10-13-16-19-22-24-25-27-30-33-36-39-43-48(46(49)41-38-35-32-29-26-23-20-17-14-11-8-5-2)44-42-47-45(48)40-37-34-31-28-21-18-15-12-9-6-3/h42,44H,4-41,43H2,1-3H3/q+1. The van der Waals surface area contributed by atoms with Gasteiger partial charge in [-0.2, -0.15) is 4.48 Å². The van der Waals surface area contributed by atoms with Crippen LogP contribution in [-0.2, 0) is 4.79 Å². The van der Waals surface area contributed by atoms with Crippen LogP contribution >= 0.6 is 0 Å². The van der Waals surface area contributed by atoms with Gasteiger partial charge in [-0.1, -0.05) is 226 Å². The van der Waals surface area contributed by atoms with Crippen molar-refractivity contribution in [3.8, 4) is 0 Å². The maximum Gasteiger partial charge on any atom is 0.324 e. The zero-order chi connectivity index (χ0) is 35.4. The summed E-state index contributed by atoms with van der Waals surface area (Å²) in [6, 6.07) is 0. The fourth-order valence-electron chi connectivity index (χ4n) is 7.88. The first-order valence-electron chi connectivity index (χ1n) is 22.9. The van der Waals surface area contributed by atoms with Crippen molar-refractivity contribution in [3.63, 3.8) is 0 Å². The fourth-order valence-corrected chi connectivity index (χ4v) is 7.88. The Morgan fingerprint density at radius 3 is 1.10 bits per heavy atom. The molecule has 0 N–H and O–H groups in total. The molecule has 1 unspecified atom stereocenters. The highest BCUT2D eigenvalue weighted by Crippen LogP contribution is 2.26. The van der Waals surface area contributed by atoms with Gasteiger partial charge in [-0.25, -0.2) is 9.79 Å². The Bertz CT molecular complexity index is 773. The van der Waals surface area contributed by atoms with Crippen molar-refractivity contribution in [3.05, 3.63) is 12.4 Å². The third-order valence-corrected chi connectivity index (χ3v) is 11.3. The number of aliphatic imine (C=N–C) groups is 1. The first-order chi connectivity index (χ1) is 24.2. The molecule has 1 rings (SSSR count). The molecule has 0 radical (unpaired) electrons. The Morgan fingerprint density at radius 1 is 0.429 bits per heavy atom. The molecule has 1 heterocycles. The van der Waals surface area contributed by atoms with E-state index in [2.05, 4.69) is 27.0 Å². The van der Waals surface area contributed by atoms with E-state index < -0.39 is 0 Å². The zero-order valence-electron chi connectivity index (χ0n) is 34.0. The monoisotopic (exact) mass is 686 g/mol. The molecular weight excluding hydrogens is 597 g/mol. The summed E-state index contributed by atoms with van der Waals surface area (Å²) in [6.45, 7) is 7.82. The van der Waals surface area contributed by atoms with E-state index in [0.717, 1.165) is 38.1 Å². The lowest BCUT2D eigenvalue weighted by Gasteiger charge is -2.30. The molecule has 0 bridgehead atoms. The molecule has 1 aliphatic heterocycles. The van der Waals surface area contributed by atoms with E-state index in [1.165, 1.54) is 218 Å². The van der Waals surface area contributed by atoms with Crippen LogP contribution in [0.2, 0.25) is 0 Å². The number of carbonyl (C=O) groups is 1. The molecule has 3 nitrogen and oxygen atoms in total. The van der Waals surface area contributed by atoms with Crippen LogP contribution in [0, 0.1) is 0 Å². The molecule has 0 fully saturated rings. The second kappa shape index (κ2) is 35.4. The average molecular weight is 686 g/mol. The van der Waals surface area contributed by atoms with Gasteiger partial charge < -0.3 is 0 Å². The summed E-state index contributed by atoms with van der Waals surface area (Å²) in [5.41, 5.74) is 0. The van der Waals surface area contributed by atoms with E-state index >= 15 is 0 Å². The molecule has 0 spiro atoms. The van der Waals surface area contributed by atoms with Gasteiger partial charge in [0, 0.05) is 6.42 Å². The Kier molecular flexibility index (Phi) is 33.3. The van der Waals surface area contributed by atoms with Crippen molar-refractivity contribution >= 4 is 11.7 Å². The molecule has 3 heteroatoms. The van der Waals surface area contributed by atoms with Crippen molar-refractivity contribution in [1.29, 1.82) is 0 Å². The van der Waals surface area contributed by atoms with Crippen molar-refractivity contribution in [2.75, 3.05) is 6.54 Å². The lowest BCUT2D eigenvalue weighted by atomic mass is 10.0. The highest BCUT2D eigenvalue weighted by molar-refractivity contribution is 5.90. The van der Waals surface area contributed by atoms with Gasteiger partial charge in [0.2, 0.25) is 5.84 Å². The van der Waals surface area contributed by atoms with Crippen LogP contribution in [0.15, 0.2) is 17.4 Å². The molecule has 1 aliphatic rings. The number of amides is 1. The van der Waals surface area contributed by atoms with E-state index in [-0.39, 0.29) is 0 Å². The summed E-state index contributed by atoms with van der Waals surface area (Å²) >= 11 is 0. The lowest BCUT2D eigenvalue weighted by molar-refractivity contribution is -0.708. The lowest BCUT2D eigenvalue weighted by Crippen LogP contribution is -2.52. The summed E-state index contributed by atoms with van der Waals surface area (Å²) in [7, 11) is 0. The normalized spacial score (nSPS) is 15.8. The van der Waals surface area contributed by atoms with Gasteiger partial charge in [0.1, 0.15) is 6.20 Å². The van der Waals surface area contributed by atoms with Crippen molar-refractivity contribution < 1.29 is 9.28 Å². The van der Waals surface area contributed by atoms with Crippen LogP contribution in [0.25, 0.3) is 0 Å². The maximum absolute atomic E-state index is 13.9. The summed E-state index contributed by atoms with van der Waals surface area (Å²) < 4.78 is 0.452. The predicted molar refractivity (Wildman–Crippen MR) is 219 cm³/mol. The van der Waals surface area contributed by atoms with Crippen LogP contribution < -0.4 is 0 Å². The second-order valence-corrected chi connectivity index (χ2v) is 16.0. The van der Waals surface area contributed by atoms with Crippen LogP contribution in [-0.4, -0.2) is 22.8 Å². The molecule has 0 aromatic heterocycles. The largest absolute Gasteiger partial charge is 0.324 e. The van der Waals surface area contributed by atoms with Crippen molar-refractivity contribution in [2.24, 2.45) is 4.99 Å². The Morgan fingerprint density at radius 2 is 0.735 bits per heavy atom. The quantitative estimate of drug-likeness (QED) is 0.0468. The van der Waals surface area contributed by atoms with Crippen LogP contribution in [0.4, 0.5) is 0 Å². The van der Waals surface area contributed by atoms with E-state index in [1.54, 1.807) is 0 Å². The highest BCUT2D eigenvalue weighted by Gasteiger charge is 2.41. The number of amidine groups is 1. The molecule has 0 aliphatic carbocycles. The number of carbonyl (C=O) groups excluding carboxylic acids is 1. The summed E-state index contributed by atoms with van der Waals surface area (Å²) in [5, 5.41) is 0. The Labute approximate surface area is 308 Å². The minimum Gasteiger partial charge on any atom is -0.230 e. The number of nitrogens with zero attached hydrogens (tertiary/aromatic N) is 2. The number of hydrogen-bond acceptors (Lipinski definition) is 2. The fraction of sp³-hybridized carbons (Fsp3) is 0.913. The van der Waals surface area contributed by atoms with E-state index in [9.17, 15) is 4.79 Å². The Hall–Kier alpha value is -0.960. The van der Waals surface area contributed by atoms with E-state index in [0.29, 0.717) is 10.4 Å².